The number of pyridine rings is 1. The molecule has 100 valence electrons. The van der Waals surface area contributed by atoms with Crippen LogP contribution in [0.3, 0.4) is 0 Å². The number of ether oxygens (including phenoxy) is 1. The molecule has 0 radical (unpaired) electrons. The normalized spacial score (nSPS) is 21.9. The number of aliphatic hydroxyl groups is 1. The van der Waals surface area contributed by atoms with Crippen molar-refractivity contribution in [1.82, 2.24) is 9.29 Å². The number of nitrogens with one attached hydrogen (secondary N) is 1. The third kappa shape index (κ3) is 2.46. The lowest BCUT2D eigenvalue weighted by atomic mass is 10.3. The maximum Gasteiger partial charge on any atom is 0.248 e. The fourth-order valence-corrected chi connectivity index (χ4v) is 3.26. The molecule has 1 unspecified atom stereocenters. The van der Waals surface area contributed by atoms with Crippen LogP contribution in [-0.4, -0.2) is 55.2 Å². The standard InChI is InChI=1S/C10H14N2O5S/c13-7-8-6-12(3-4-17-8)18(15,16)10-5-11-2-1-9(10)14/h1-2,5,8,13H,3-4,6-7H2,(H,11,14). The quantitative estimate of drug-likeness (QED) is 0.718. The van der Waals surface area contributed by atoms with Gasteiger partial charge in [0.15, 0.2) is 0 Å². The number of hydrogen-bond acceptors (Lipinski definition) is 5. The van der Waals surface area contributed by atoms with Crippen LogP contribution in [0.2, 0.25) is 0 Å². The summed E-state index contributed by atoms with van der Waals surface area (Å²) in [7, 11) is -3.84. The first-order chi connectivity index (χ1) is 8.55. The van der Waals surface area contributed by atoms with Crippen molar-refractivity contribution in [3.05, 3.63) is 28.7 Å². The van der Waals surface area contributed by atoms with E-state index < -0.39 is 21.6 Å². The molecule has 1 aliphatic rings. The Morgan fingerprint density at radius 3 is 3.00 bits per heavy atom. The minimum Gasteiger partial charge on any atom is -0.394 e. The van der Waals surface area contributed by atoms with Crippen LogP contribution in [0, 0.1) is 0 Å². The van der Waals surface area contributed by atoms with E-state index in [0.717, 1.165) is 10.4 Å². The van der Waals surface area contributed by atoms with Gasteiger partial charge in [0.25, 0.3) is 0 Å². The summed E-state index contributed by atoms with van der Waals surface area (Å²) < 4.78 is 30.8. The number of H-pyrrole nitrogens is 1. The number of nitrogens with zero attached hydrogens (tertiary/aromatic N) is 1. The summed E-state index contributed by atoms with van der Waals surface area (Å²) in [6.45, 7) is 0.173. The van der Waals surface area contributed by atoms with Crippen molar-refractivity contribution in [3.8, 4) is 0 Å². The first-order valence-corrected chi connectivity index (χ1v) is 6.89. The summed E-state index contributed by atoms with van der Waals surface area (Å²) in [5.74, 6) is 0. The molecule has 0 aromatic carbocycles. The third-order valence-electron chi connectivity index (χ3n) is 2.71. The topological polar surface area (TPSA) is 99.7 Å². The van der Waals surface area contributed by atoms with Gasteiger partial charge in [0.2, 0.25) is 15.5 Å². The maximum absolute atomic E-state index is 12.2. The van der Waals surface area contributed by atoms with E-state index in [4.69, 9.17) is 9.84 Å². The molecule has 0 aliphatic carbocycles. The summed E-state index contributed by atoms with van der Waals surface area (Å²) in [5, 5.41) is 8.99. The van der Waals surface area contributed by atoms with Gasteiger partial charge in [0, 0.05) is 31.5 Å². The zero-order valence-corrected chi connectivity index (χ0v) is 10.4. The molecular weight excluding hydrogens is 260 g/mol. The number of sulfonamides is 1. The molecule has 7 nitrogen and oxygen atoms in total. The molecule has 1 atom stereocenters. The monoisotopic (exact) mass is 274 g/mol. The molecule has 0 saturated carbocycles. The Labute approximate surface area is 104 Å². The summed E-state index contributed by atoms with van der Waals surface area (Å²) in [4.78, 5) is 13.9. The highest BCUT2D eigenvalue weighted by atomic mass is 32.2. The number of morpholine rings is 1. The van der Waals surface area contributed by atoms with E-state index in [0.29, 0.717) is 0 Å². The summed E-state index contributed by atoms with van der Waals surface area (Å²) >= 11 is 0. The van der Waals surface area contributed by atoms with Gasteiger partial charge in [-0.1, -0.05) is 0 Å². The Morgan fingerprint density at radius 2 is 2.33 bits per heavy atom. The smallest absolute Gasteiger partial charge is 0.248 e. The highest BCUT2D eigenvalue weighted by molar-refractivity contribution is 7.89. The minimum atomic E-state index is -3.84. The van der Waals surface area contributed by atoms with Crippen molar-refractivity contribution < 1.29 is 18.3 Å². The van der Waals surface area contributed by atoms with Gasteiger partial charge in [-0.05, 0) is 0 Å². The van der Waals surface area contributed by atoms with Gasteiger partial charge in [-0.3, -0.25) is 4.79 Å². The maximum atomic E-state index is 12.2. The number of aromatic nitrogens is 1. The number of hydrogen-bond donors (Lipinski definition) is 2. The van der Waals surface area contributed by atoms with Crippen LogP contribution in [0.5, 0.6) is 0 Å². The fourth-order valence-electron chi connectivity index (χ4n) is 1.76. The molecule has 2 N–H and O–H groups in total. The lowest BCUT2D eigenvalue weighted by Gasteiger charge is -2.30. The molecule has 1 aromatic rings. The van der Waals surface area contributed by atoms with Gasteiger partial charge >= 0.3 is 0 Å². The number of aromatic amines is 1. The van der Waals surface area contributed by atoms with Crippen LogP contribution in [0.25, 0.3) is 0 Å². The van der Waals surface area contributed by atoms with Crippen molar-refractivity contribution in [2.45, 2.75) is 11.0 Å². The van der Waals surface area contributed by atoms with Crippen LogP contribution < -0.4 is 5.43 Å². The molecule has 1 aliphatic heterocycles. The van der Waals surface area contributed by atoms with Gasteiger partial charge in [0.1, 0.15) is 4.90 Å². The first kappa shape index (κ1) is 13.2. The highest BCUT2D eigenvalue weighted by Crippen LogP contribution is 2.15. The van der Waals surface area contributed by atoms with Crippen molar-refractivity contribution in [2.75, 3.05) is 26.3 Å². The van der Waals surface area contributed by atoms with Crippen molar-refractivity contribution >= 4 is 10.0 Å². The molecule has 0 amide bonds. The molecule has 1 aromatic heterocycles. The summed E-state index contributed by atoms with van der Waals surface area (Å²) in [6.07, 6.45) is 1.99. The van der Waals surface area contributed by atoms with E-state index in [1.165, 1.54) is 12.4 Å². The molecule has 1 saturated heterocycles. The molecule has 2 heterocycles. The van der Waals surface area contributed by atoms with Gasteiger partial charge < -0.3 is 14.8 Å². The van der Waals surface area contributed by atoms with E-state index in [1.807, 2.05) is 0 Å². The molecule has 8 heteroatoms. The van der Waals surface area contributed by atoms with Crippen LogP contribution in [0.15, 0.2) is 28.2 Å². The lowest BCUT2D eigenvalue weighted by Crippen LogP contribution is -2.47. The van der Waals surface area contributed by atoms with Gasteiger partial charge in [-0.25, -0.2) is 8.42 Å². The van der Waals surface area contributed by atoms with Crippen LogP contribution >= 0.6 is 0 Å². The van der Waals surface area contributed by atoms with Crippen molar-refractivity contribution in [2.24, 2.45) is 0 Å². The first-order valence-electron chi connectivity index (χ1n) is 5.45. The Hall–Kier alpha value is -1.22. The Morgan fingerprint density at radius 1 is 1.56 bits per heavy atom. The summed E-state index contributed by atoms with van der Waals surface area (Å²) in [6, 6.07) is 1.16. The predicted octanol–water partition coefficient (Wildman–Crippen LogP) is -1.24. The Bertz CT molecular complexity index is 568. The van der Waals surface area contributed by atoms with E-state index >= 15 is 0 Å². The predicted molar refractivity (Wildman–Crippen MR) is 62.6 cm³/mol. The second-order valence-corrected chi connectivity index (χ2v) is 5.82. The average molecular weight is 274 g/mol. The van der Waals surface area contributed by atoms with Gasteiger partial charge in [-0.15, -0.1) is 0 Å². The molecule has 1 fully saturated rings. The third-order valence-corrected chi connectivity index (χ3v) is 4.60. The van der Waals surface area contributed by atoms with Crippen LogP contribution in [0.1, 0.15) is 0 Å². The van der Waals surface area contributed by atoms with Crippen molar-refractivity contribution in [3.63, 3.8) is 0 Å². The lowest BCUT2D eigenvalue weighted by molar-refractivity contribution is -0.0304. The molecule has 0 spiro atoms. The molecular formula is C10H14N2O5S. The van der Waals surface area contributed by atoms with E-state index in [-0.39, 0.29) is 31.2 Å². The van der Waals surface area contributed by atoms with Crippen molar-refractivity contribution in [1.29, 1.82) is 0 Å². The second-order valence-electron chi connectivity index (χ2n) is 3.91. The highest BCUT2D eigenvalue weighted by Gasteiger charge is 2.31. The van der Waals surface area contributed by atoms with Gasteiger partial charge in [-0.2, -0.15) is 4.31 Å². The second kappa shape index (κ2) is 5.19. The zero-order chi connectivity index (χ0) is 13.2. The average Bonchev–Trinajstić information content (AvgIpc) is 2.39. The van der Waals surface area contributed by atoms with Gasteiger partial charge in [0.05, 0.1) is 19.3 Å². The van der Waals surface area contributed by atoms with E-state index in [1.54, 1.807) is 0 Å². The molecule has 2 rings (SSSR count). The fraction of sp³-hybridized carbons (Fsp3) is 0.500. The Kier molecular flexibility index (Phi) is 3.81. The van der Waals surface area contributed by atoms with Crippen LogP contribution in [-0.2, 0) is 14.8 Å². The minimum absolute atomic E-state index is 0.0488. The number of aliphatic hydroxyl groups excluding tert-OH is 1. The summed E-state index contributed by atoms with van der Waals surface area (Å²) in [5.41, 5.74) is -0.555. The molecule has 18 heavy (non-hydrogen) atoms. The van der Waals surface area contributed by atoms with E-state index in [9.17, 15) is 13.2 Å². The van der Waals surface area contributed by atoms with E-state index in [2.05, 4.69) is 4.98 Å². The van der Waals surface area contributed by atoms with Crippen LogP contribution in [0.4, 0.5) is 0 Å². The molecule has 0 bridgehead atoms. The largest absolute Gasteiger partial charge is 0.394 e. The number of rotatable bonds is 3. The Balaban J connectivity index is 2.32. The zero-order valence-electron chi connectivity index (χ0n) is 9.57. The SMILES string of the molecule is O=c1cc[nH]cc1S(=O)(=O)N1CCOC(CO)C1.